The highest BCUT2D eigenvalue weighted by atomic mass is 16.5. The SMILES string of the molecule is CC=c1cccnc1=C(C)OC. The van der Waals surface area contributed by atoms with Crippen LogP contribution < -0.4 is 10.6 Å². The van der Waals surface area contributed by atoms with Crippen molar-refractivity contribution in [3.05, 3.63) is 28.9 Å². The van der Waals surface area contributed by atoms with Gasteiger partial charge in [-0.25, -0.2) is 0 Å². The predicted octanol–water partition coefficient (Wildman–Crippen LogP) is 0.656. The van der Waals surface area contributed by atoms with Gasteiger partial charge in [0, 0.05) is 6.20 Å². The summed E-state index contributed by atoms with van der Waals surface area (Å²) in [5.74, 6) is 0.851. The van der Waals surface area contributed by atoms with E-state index in [1.807, 2.05) is 32.1 Å². The number of hydrogen-bond donors (Lipinski definition) is 0. The molecule has 0 aliphatic rings. The van der Waals surface area contributed by atoms with Gasteiger partial charge in [-0.15, -0.1) is 0 Å². The molecule has 0 N–H and O–H groups in total. The Labute approximate surface area is 72.2 Å². The minimum atomic E-state index is 0.851. The monoisotopic (exact) mass is 163 g/mol. The molecule has 2 heteroatoms. The molecule has 0 aliphatic heterocycles. The van der Waals surface area contributed by atoms with Crippen LogP contribution in [0.15, 0.2) is 18.3 Å². The summed E-state index contributed by atoms with van der Waals surface area (Å²) in [4.78, 5) is 4.23. The largest absolute Gasteiger partial charge is 0.499 e. The fraction of sp³-hybridized carbons (Fsp3) is 0.300. The van der Waals surface area contributed by atoms with Crippen molar-refractivity contribution in [1.29, 1.82) is 0 Å². The molecule has 1 aromatic rings. The van der Waals surface area contributed by atoms with Crippen LogP contribution in [-0.2, 0) is 4.74 Å². The number of nitrogens with zero attached hydrogens (tertiary/aromatic N) is 1. The predicted molar refractivity (Wildman–Crippen MR) is 49.7 cm³/mol. The molecule has 2 nitrogen and oxygen atoms in total. The second-order valence-corrected chi connectivity index (χ2v) is 2.49. The van der Waals surface area contributed by atoms with Crippen LogP contribution in [-0.4, -0.2) is 12.1 Å². The molecule has 0 aliphatic carbocycles. The number of hydrogen-bond acceptors (Lipinski definition) is 2. The molecule has 0 amide bonds. The molecule has 64 valence electrons. The first-order valence-electron chi connectivity index (χ1n) is 3.92. The van der Waals surface area contributed by atoms with Crippen molar-refractivity contribution in [2.45, 2.75) is 13.8 Å². The standard InChI is InChI=1S/C10H13NO/c1-4-9-6-5-7-11-10(9)8(2)12-3/h4-7H,1-3H3. The van der Waals surface area contributed by atoms with Crippen LogP contribution in [0.2, 0.25) is 0 Å². The third-order valence-electron chi connectivity index (χ3n) is 1.79. The Bertz CT molecular complexity index is 368. The van der Waals surface area contributed by atoms with E-state index in [0.29, 0.717) is 0 Å². The molecule has 0 spiro atoms. The van der Waals surface area contributed by atoms with Crippen LogP contribution in [0.5, 0.6) is 0 Å². The maximum atomic E-state index is 5.11. The maximum Gasteiger partial charge on any atom is 0.119 e. The average Bonchev–Trinajstić information content (AvgIpc) is 2.16. The lowest BCUT2D eigenvalue weighted by Gasteiger charge is -1.97. The van der Waals surface area contributed by atoms with Gasteiger partial charge in [-0.3, -0.25) is 4.98 Å². The van der Waals surface area contributed by atoms with Crippen molar-refractivity contribution in [3.63, 3.8) is 0 Å². The minimum Gasteiger partial charge on any atom is -0.499 e. The Morgan fingerprint density at radius 2 is 2.33 bits per heavy atom. The molecule has 1 aromatic heterocycles. The molecule has 1 rings (SSSR count). The van der Waals surface area contributed by atoms with E-state index in [2.05, 4.69) is 4.98 Å². The normalized spacial score (nSPS) is 14.4. The van der Waals surface area contributed by atoms with E-state index >= 15 is 0 Å². The van der Waals surface area contributed by atoms with Crippen molar-refractivity contribution in [2.24, 2.45) is 0 Å². The van der Waals surface area contributed by atoms with E-state index in [1.165, 1.54) is 0 Å². The van der Waals surface area contributed by atoms with Gasteiger partial charge in [0.2, 0.25) is 0 Å². The fourth-order valence-electron chi connectivity index (χ4n) is 1.04. The molecular weight excluding hydrogens is 150 g/mol. The summed E-state index contributed by atoms with van der Waals surface area (Å²) >= 11 is 0. The lowest BCUT2D eigenvalue weighted by molar-refractivity contribution is 0.359. The molecule has 0 saturated heterocycles. The van der Waals surface area contributed by atoms with E-state index in [9.17, 15) is 0 Å². The Morgan fingerprint density at radius 1 is 1.58 bits per heavy atom. The molecule has 0 fully saturated rings. The third-order valence-corrected chi connectivity index (χ3v) is 1.79. The zero-order chi connectivity index (χ0) is 8.97. The van der Waals surface area contributed by atoms with Crippen LogP contribution in [0.4, 0.5) is 0 Å². The number of rotatable bonds is 1. The highest BCUT2D eigenvalue weighted by Crippen LogP contribution is 1.85. The molecule has 0 radical (unpaired) electrons. The van der Waals surface area contributed by atoms with E-state index < -0.39 is 0 Å². The van der Waals surface area contributed by atoms with Crippen molar-refractivity contribution in [2.75, 3.05) is 7.11 Å². The van der Waals surface area contributed by atoms with E-state index in [-0.39, 0.29) is 0 Å². The van der Waals surface area contributed by atoms with E-state index in [4.69, 9.17) is 4.74 Å². The first-order valence-corrected chi connectivity index (χ1v) is 3.92. The van der Waals surface area contributed by atoms with Gasteiger partial charge >= 0.3 is 0 Å². The molecule has 0 saturated carbocycles. The molecular formula is C10H13NO. The average molecular weight is 163 g/mol. The highest BCUT2D eigenvalue weighted by Gasteiger charge is 1.90. The van der Waals surface area contributed by atoms with E-state index in [0.717, 1.165) is 16.3 Å². The molecule has 1 heterocycles. The van der Waals surface area contributed by atoms with Crippen LogP contribution >= 0.6 is 0 Å². The zero-order valence-electron chi connectivity index (χ0n) is 7.66. The first-order chi connectivity index (χ1) is 5.79. The van der Waals surface area contributed by atoms with Gasteiger partial charge in [0.25, 0.3) is 0 Å². The van der Waals surface area contributed by atoms with Crippen LogP contribution in [0.25, 0.3) is 11.8 Å². The summed E-state index contributed by atoms with van der Waals surface area (Å²) < 4.78 is 5.11. The van der Waals surface area contributed by atoms with Crippen molar-refractivity contribution in [1.82, 2.24) is 4.98 Å². The van der Waals surface area contributed by atoms with Gasteiger partial charge in [-0.1, -0.05) is 12.1 Å². The zero-order valence-corrected chi connectivity index (χ0v) is 7.66. The Hall–Kier alpha value is -1.31. The summed E-state index contributed by atoms with van der Waals surface area (Å²) in [5.41, 5.74) is 0. The Balaban J connectivity index is 3.54. The summed E-state index contributed by atoms with van der Waals surface area (Å²) in [6.45, 7) is 3.90. The summed E-state index contributed by atoms with van der Waals surface area (Å²) in [6.07, 6.45) is 3.79. The lowest BCUT2D eigenvalue weighted by Crippen LogP contribution is -2.29. The van der Waals surface area contributed by atoms with Gasteiger partial charge in [-0.2, -0.15) is 0 Å². The van der Waals surface area contributed by atoms with Crippen LogP contribution in [0, 0.1) is 0 Å². The molecule has 0 unspecified atom stereocenters. The van der Waals surface area contributed by atoms with Gasteiger partial charge in [0.05, 0.1) is 7.11 Å². The minimum absolute atomic E-state index is 0.851. The Kier molecular flexibility index (Phi) is 2.86. The smallest absolute Gasteiger partial charge is 0.119 e. The number of aromatic nitrogens is 1. The highest BCUT2D eigenvalue weighted by molar-refractivity contribution is 5.33. The second-order valence-electron chi connectivity index (χ2n) is 2.49. The second kappa shape index (κ2) is 3.90. The van der Waals surface area contributed by atoms with Gasteiger partial charge in [-0.05, 0) is 25.1 Å². The first kappa shape index (κ1) is 8.78. The van der Waals surface area contributed by atoms with Crippen molar-refractivity contribution in [3.8, 4) is 0 Å². The number of ether oxygens (including phenoxy) is 1. The molecule has 12 heavy (non-hydrogen) atoms. The lowest BCUT2D eigenvalue weighted by atomic mass is 10.3. The summed E-state index contributed by atoms with van der Waals surface area (Å²) in [5, 5.41) is 2.03. The van der Waals surface area contributed by atoms with Crippen LogP contribution in [0.1, 0.15) is 13.8 Å². The van der Waals surface area contributed by atoms with Crippen molar-refractivity contribution >= 4 is 11.8 Å². The topological polar surface area (TPSA) is 22.1 Å². The maximum absolute atomic E-state index is 5.11. The molecule has 0 bridgehead atoms. The van der Waals surface area contributed by atoms with Crippen molar-refractivity contribution < 1.29 is 4.74 Å². The molecule has 0 aromatic carbocycles. The molecule has 0 atom stereocenters. The quantitative estimate of drug-likeness (QED) is 0.606. The van der Waals surface area contributed by atoms with Crippen LogP contribution in [0.3, 0.4) is 0 Å². The number of pyridine rings is 1. The van der Waals surface area contributed by atoms with Gasteiger partial charge in [0.1, 0.15) is 11.1 Å². The Morgan fingerprint density at radius 3 is 2.92 bits per heavy atom. The number of methoxy groups -OCH3 is 1. The fourth-order valence-corrected chi connectivity index (χ4v) is 1.04. The van der Waals surface area contributed by atoms with Gasteiger partial charge in [0.15, 0.2) is 0 Å². The summed E-state index contributed by atoms with van der Waals surface area (Å²) in [7, 11) is 1.66. The van der Waals surface area contributed by atoms with Gasteiger partial charge < -0.3 is 4.74 Å². The third kappa shape index (κ3) is 1.64. The summed E-state index contributed by atoms with van der Waals surface area (Å²) in [6, 6.07) is 3.94. The van der Waals surface area contributed by atoms with E-state index in [1.54, 1.807) is 13.3 Å².